The van der Waals surface area contributed by atoms with Gasteiger partial charge in [0.25, 0.3) is 0 Å². The molecule has 0 amide bonds. The molecule has 0 radical (unpaired) electrons. The van der Waals surface area contributed by atoms with E-state index in [0.717, 1.165) is 12.8 Å². The van der Waals surface area contributed by atoms with Crippen molar-refractivity contribution in [1.29, 1.82) is 0 Å². The second-order valence-electron chi connectivity index (χ2n) is 8.52. The topological polar surface area (TPSA) is 66.8 Å². The molecule has 0 aromatic carbocycles. The number of allylic oxidation sites excluding steroid dienone is 2. The van der Waals surface area contributed by atoms with Gasteiger partial charge in [-0.2, -0.15) is 0 Å². The molecule has 1 heterocycles. The number of ether oxygens (including phenoxy) is 1. The third-order valence-corrected chi connectivity index (χ3v) is 6.15. The monoisotopic (exact) mass is 424 g/mol. The number of carboxylic acid groups (broad SMARTS) is 1. The summed E-state index contributed by atoms with van der Waals surface area (Å²) in [5.74, 6) is -1.14. The van der Waals surface area contributed by atoms with E-state index in [1.807, 2.05) is 13.8 Å². The molecule has 2 rings (SSSR count). The summed E-state index contributed by atoms with van der Waals surface area (Å²) >= 11 is 0. The first-order valence-corrected chi connectivity index (χ1v) is 10.4. The first-order valence-electron chi connectivity index (χ1n) is 10.4. The third kappa shape index (κ3) is 7.13. The second kappa shape index (κ2) is 11.9. The van der Waals surface area contributed by atoms with Crippen LogP contribution in [0.1, 0.15) is 59.3 Å². The Kier molecular flexibility index (Phi) is 11.0. The quantitative estimate of drug-likeness (QED) is 0.411. The maximum atomic E-state index is 15.0. The number of aliphatic hydroxyl groups is 1. The van der Waals surface area contributed by atoms with E-state index in [1.54, 1.807) is 18.2 Å². The molecule has 0 spiro atoms. The van der Waals surface area contributed by atoms with Gasteiger partial charge in [-0.15, -0.1) is 0 Å². The zero-order chi connectivity index (χ0) is 20.9. The third-order valence-electron chi connectivity index (χ3n) is 6.15. The van der Waals surface area contributed by atoms with E-state index in [9.17, 15) is 14.3 Å². The molecular formula is C22H35F2NaO4. The van der Waals surface area contributed by atoms with Crippen molar-refractivity contribution in [2.75, 3.05) is 0 Å². The van der Waals surface area contributed by atoms with Crippen LogP contribution in [0.2, 0.25) is 0 Å². The number of hydrogen-bond acceptors (Lipinski definition) is 3. The molecule has 29 heavy (non-hydrogen) atoms. The van der Waals surface area contributed by atoms with Gasteiger partial charge >= 0.3 is 35.5 Å². The minimum absolute atomic E-state index is 0. The number of rotatable bonds is 10. The van der Waals surface area contributed by atoms with Gasteiger partial charge in [0.05, 0.1) is 6.10 Å². The molecular weight excluding hydrogens is 389 g/mol. The first-order chi connectivity index (χ1) is 13.2. The van der Waals surface area contributed by atoms with Crippen LogP contribution in [-0.2, 0) is 9.53 Å². The summed E-state index contributed by atoms with van der Waals surface area (Å²) in [4.78, 5) is 10.6. The number of halogens is 2. The van der Waals surface area contributed by atoms with Gasteiger partial charge in [-0.25, -0.2) is 8.78 Å². The summed E-state index contributed by atoms with van der Waals surface area (Å²) in [5, 5.41) is 18.9. The van der Waals surface area contributed by atoms with Gasteiger partial charge in [-0.1, -0.05) is 51.0 Å². The second-order valence-corrected chi connectivity index (χ2v) is 8.52. The van der Waals surface area contributed by atoms with Crippen molar-refractivity contribution in [2.24, 2.45) is 17.8 Å². The van der Waals surface area contributed by atoms with Crippen molar-refractivity contribution >= 4 is 35.5 Å². The molecule has 3 unspecified atom stereocenters. The molecule has 1 aliphatic carbocycles. The summed E-state index contributed by atoms with van der Waals surface area (Å²) < 4.78 is 35.5. The summed E-state index contributed by atoms with van der Waals surface area (Å²) in [6.45, 7) is 5.42. The fourth-order valence-corrected chi connectivity index (χ4v) is 4.38. The van der Waals surface area contributed by atoms with Crippen LogP contribution in [-0.4, -0.2) is 75.9 Å². The van der Waals surface area contributed by atoms with Gasteiger partial charge in [0, 0.05) is 12.3 Å². The van der Waals surface area contributed by atoms with Crippen molar-refractivity contribution < 1.29 is 28.5 Å². The standard InChI is InChI=1S/C22H34F2O4.Na.H/c1-4-5-12-22(3,24)18(25)11-10-15-14(2)13-17-20(15)21(23)16(28-17)8-6-7-9-19(26)27;;/h6,8,10-11,14-18,20-21,25H,4-5,7,9,12-13H2,1-3H3,(H,26,27);;/b8-6+,11-10+;;/t14-,15+,16?,17+,18-,20-,21?,22?;;/m1../s1. The van der Waals surface area contributed by atoms with E-state index in [2.05, 4.69) is 0 Å². The Balaban J connectivity index is 0.00000420. The van der Waals surface area contributed by atoms with Gasteiger partial charge in [0.1, 0.15) is 24.0 Å². The van der Waals surface area contributed by atoms with Gasteiger partial charge in [-0.3, -0.25) is 4.79 Å². The normalized spacial score (nSPS) is 34.8. The molecule has 7 heteroatoms. The molecule has 2 aliphatic rings. The Morgan fingerprint density at radius 3 is 2.69 bits per heavy atom. The molecule has 4 nitrogen and oxygen atoms in total. The Labute approximate surface area is 195 Å². The number of carboxylic acids is 1. The van der Waals surface area contributed by atoms with E-state index < -0.39 is 30.0 Å². The number of fused-ring (bicyclic) bond motifs is 1. The molecule has 2 fully saturated rings. The van der Waals surface area contributed by atoms with Crippen molar-refractivity contribution in [3.8, 4) is 0 Å². The number of hydrogen-bond donors (Lipinski definition) is 2. The SMILES string of the molecule is CCCCC(C)(F)[C@H](O)/C=C/[C@@H]1[C@H]2C(F)C(/C=C/CCC(=O)O)O[C@H]2C[C@H]1C.[NaH]. The number of unbranched alkanes of at least 4 members (excludes halogenated alkanes) is 1. The Bertz CT molecular complexity index is 581. The van der Waals surface area contributed by atoms with Crippen molar-refractivity contribution in [2.45, 2.75) is 89.4 Å². The molecule has 162 valence electrons. The number of alkyl halides is 2. The first kappa shape index (κ1) is 26.8. The average molecular weight is 425 g/mol. The Morgan fingerprint density at radius 2 is 2.07 bits per heavy atom. The van der Waals surface area contributed by atoms with E-state index in [4.69, 9.17) is 9.84 Å². The molecule has 1 aliphatic heterocycles. The number of aliphatic hydroxyl groups excluding tert-OH is 1. The molecule has 8 atom stereocenters. The molecule has 0 aromatic heterocycles. The fourth-order valence-electron chi connectivity index (χ4n) is 4.38. The number of carbonyl (C=O) groups is 1. The van der Waals surface area contributed by atoms with Gasteiger partial charge in [0.2, 0.25) is 0 Å². The van der Waals surface area contributed by atoms with Crippen molar-refractivity contribution in [1.82, 2.24) is 0 Å². The van der Waals surface area contributed by atoms with E-state index in [-0.39, 0.29) is 59.8 Å². The summed E-state index contributed by atoms with van der Waals surface area (Å²) in [6, 6.07) is 0. The molecule has 2 N–H and O–H groups in total. The van der Waals surface area contributed by atoms with Crippen LogP contribution >= 0.6 is 0 Å². The number of aliphatic carboxylic acids is 1. The Hall–Kier alpha value is -0.270. The van der Waals surface area contributed by atoms with Crippen LogP contribution in [0.4, 0.5) is 8.78 Å². The molecule has 1 saturated carbocycles. The van der Waals surface area contributed by atoms with Crippen LogP contribution in [0.25, 0.3) is 0 Å². The maximum absolute atomic E-state index is 15.0. The molecule has 0 aromatic rings. The van der Waals surface area contributed by atoms with E-state index >= 15 is 4.39 Å². The zero-order valence-corrected chi connectivity index (χ0v) is 17.1. The van der Waals surface area contributed by atoms with Gasteiger partial charge in [0.15, 0.2) is 0 Å². The molecule has 1 saturated heterocycles. The van der Waals surface area contributed by atoms with Crippen LogP contribution < -0.4 is 0 Å². The van der Waals surface area contributed by atoms with Crippen LogP contribution in [0.5, 0.6) is 0 Å². The van der Waals surface area contributed by atoms with Crippen LogP contribution in [0, 0.1) is 17.8 Å². The summed E-state index contributed by atoms with van der Waals surface area (Å²) in [7, 11) is 0. The predicted octanol–water partition coefficient (Wildman–Crippen LogP) is 3.97. The fraction of sp³-hybridized carbons (Fsp3) is 0.773. The van der Waals surface area contributed by atoms with Gasteiger partial charge < -0.3 is 14.9 Å². The summed E-state index contributed by atoms with van der Waals surface area (Å²) in [5.41, 5.74) is -1.69. The van der Waals surface area contributed by atoms with Crippen LogP contribution in [0.3, 0.4) is 0 Å². The van der Waals surface area contributed by atoms with Crippen molar-refractivity contribution in [3.63, 3.8) is 0 Å². The summed E-state index contributed by atoms with van der Waals surface area (Å²) in [6.07, 6.45) is 6.19. The minimum atomic E-state index is -1.69. The Morgan fingerprint density at radius 1 is 1.38 bits per heavy atom. The van der Waals surface area contributed by atoms with Crippen molar-refractivity contribution in [3.05, 3.63) is 24.3 Å². The average Bonchev–Trinajstić information content (AvgIpc) is 3.09. The van der Waals surface area contributed by atoms with E-state index in [0.29, 0.717) is 19.3 Å². The zero-order valence-electron chi connectivity index (χ0n) is 17.1. The van der Waals surface area contributed by atoms with Crippen LogP contribution in [0.15, 0.2) is 24.3 Å². The predicted molar refractivity (Wildman–Crippen MR) is 112 cm³/mol. The van der Waals surface area contributed by atoms with Gasteiger partial charge in [-0.05, 0) is 38.0 Å². The molecule has 0 bridgehead atoms. The van der Waals surface area contributed by atoms with E-state index in [1.165, 1.54) is 13.0 Å².